The summed E-state index contributed by atoms with van der Waals surface area (Å²) in [5.41, 5.74) is 0.972. The molecule has 0 saturated carbocycles. The van der Waals surface area contributed by atoms with Crippen LogP contribution >= 0.6 is 15.9 Å². The van der Waals surface area contributed by atoms with E-state index in [1.54, 1.807) is 0 Å². The largest absolute Gasteiger partial charge is 0.318 e. The van der Waals surface area contributed by atoms with Crippen molar-refractivity contribution in [3.8, 4) is 0 Å². The fourth-order valence-electron chi connectivity index (χ4n) is 2.38. The van der Waals surface area contributed by atoms with E-state index in [0.29, 0.717) is 0 Å². The number of nitrogens with one attached hydrogen (secondary N) is 1. The van der Waals surface area contributed by atoms with Gasteiger partial charge in [0.25, 0.3) is 0 Å². The van der Waals surface area contributed by atoms with Crippen LogP contribution in [0.3, 0.4) is 0 Å². The van der Waals surface area contributed by atoms with Crippen molar-refractivity contribution in [3.05, 3.63) is 28.7 Å². The summed E-state index contributed by atoms with van der Waals surface area (Å²) in [6, 6.07) is 7.86. The first-order valence-electron chi connectivity index (χ1n) is 6.59. The summed E-state index contributed by atoms with van der Waals surface area (Å²) in [7, 11) is 1.93. The van der Waals surface area contributed by atoms with Gasteiger partial charge in [0.15, 0.2) is 0 Å². The van der Waals surface area contributed by atoms with Gasteiger partial charge in [-0.05, 0) is 32.2 Å². The highest BCUT2D eigenvalue weighted by atomic mass is 79.9. The fraction of sp³-hybridized carbons (Fsp3) is 0.500. The summed E-state index contributed by atoms with van der Waals surface area (Å²) in [5, 5.41) is 3.13. The van der Waals surface area contributed by atoms with E-state index >= 15 is 0 Å². The van der Waals surface area contributed by atoms with E-state index in [4.69, 9.17) is 0 Å². The van der Waals surface area contributed by atoms with Gasteiger partial charge in [-0.25, -0.2) is 0 Å². The summed E-state index contributed by atoms with van der Waals surface area (Å²) in [6.07, 6.45) is 0. The van der Waals surface area contributed by atoms with E-state index < -0.39 is 0 Å². The predicted molar refractivity (Wildman–Crippen MR) is 81.5 cm³/mol. The molecule has 5 heteroatoms. The van der Waals surface area contributed by atoms with Crippen LogP contribution in [0.25, 0.3) is 0 Å². The molecule has 1 aliphatic heterocycles. The number of likely N-dealkylation sites (N-methyl/N-ethyl adjacent to an activating group) is 1. The molecule has 0 bridgehead atoms. The molecule has 1 heterocycles. The van der Waals surface area contributed by atoms with E-state index in [9.17, 15) is 4.79 Å². The van der Waals surface area contributed by atoms with Crippen molar-refractivity contribution in [2.24, 2.45) is 0 Å². The minimum Gasteiger partial charge on any atom is -0.318 e. The van der Waals surface area contributed by atoms with Crippen LogP contribution in [0.1, 0.15) is 6.92 Å². The van der Waals surface area contributed by atoms with Crippen LogP contribution < -0.4 is 10.2 Å². The third kappa shape index (κ3) is 3.35. The normalized spacial score (nSPS) is 20.9. The van der Waals surface area contributed by atoms with Crippen molar-refractivity contribution in [2.45, 2.75) is 13.0 Å². The van der Waals surface area contributed by atoms with Gasteiger partial charge in [-0.3, -0.25) is 9.69 Å². The number of nitrogens with zero attached hydrogens (tertiary/aromatic N) is 2. The van der Waals surface area contributed by atoms with Gasteiger partial charge < -0.3 is 10.2 Å². The quantitative estimate of drug-likeness (QED) is 0.915. The molecular weight excluding hydrogens is 306 g/mol. The number of carbonyl (C=O) groups excluding carboxylic acids is 1. The molecule has 1 aliphatic rings. The van der Waals surface area contributed by atoms with Gasteiger partial charge in [0.1, 0.15) is 0 Å². The van der Waals surface area contributed by atoms with E-state index in [2.05, 4.69) is 26.1 Å². The monoisotopic (exact) mass is 325 g/mol. The number of rotatable bonds is 4. The van der Waals surface area contributed by atoms with Gasteiger partial charge in [0.05, 0.1) is 6.04 Å². The molecule has 104 valence electrons. The molecule has 0 spiro atoms. The number of hydrogen-bond acceptors (Lipinski definition) is 3. The van der Waals surface area contributed by atoms with Crippen LogP contribution in [-0.4, -0.2) is 50.1 Å². The molecule has 19 heavy (non-hydrogen) atoms. The maximum Gasteiger partial charge on any atom is 0.244 e. The first-order valence-corrected chi connectivity index (χ1v) is 7.38. The molecule has 1 aromatic carbocycles. The topological polar surface area (TPSA) is 35.6 Å². The molecule has 1 atom stereocenters. The average molecular weight is 326 g/mol. The lowest BCUT2D eigenvalue weighted by atomic mass is 10.1. The third-order valence-electron chi connectivity index (χ3n) is 3.55. The fourth-order valence-corrected chi connectivity index (χ4v) is 2.76. The Morgan fingerprint density at radius 2 is 2.21 bits per heavy atom. The van der Waals surface area contributed by atoms with Crippen molar-refractivity contribution in [1.82, 2.24) is 10.2 Å². The average Bonchev–Trinajstić information content (AvgIpc) is 2.40. The molecular formula is C14H20BrN3O. The molecule has 1 aromatic rings. The Kier molecular flexibility index (Phi) is 4.96. The van der Waals surface area contributed by atoms with E-state index in [0.717, 1.165) is 36.3 Å². The smallest absolute Gasteiger partial charge is 0.244 e. The Hall–Kier alpha value is -0.910. The van der Waals surface area contributed by atoms with Crippen molar-refractivity contribution in [3.63, 3.8) is 0 Å². The van der Waals surface area contributed by atoms with Gasteiger partial charge in [-0.2, -0.15) is 0 Å². The maximum atomic E-state index is 12.5. The van der Waals surface area contributed by atoms with E-state index in [1.165, 1.54) is 0 Å². The number of anilines is 1. The summed E-state index contributed by atoms with van der Waals surface area (Å²) in [5.74, 6) is 0.181. The Balaban J connectivity index is 2.08. The standard InChI is InChI=1S/C14H20BrN3O/c1-11-14(19)18(9-8-17(11)7-6-16-2)13-5-3-4-12(15)10-13/h3-5,10-11,16H,6-9H2,1-2H3. The van der Waals surface area contributed by atoms with Crippen molar-refractivity contribution in [2.75, 3.05) is 38.1 Å². The van der Waals surface area contributed by atoms with Crippen LogP contribution in [0.2, 0.25) is 0 Å². The lowest BCUT2D eigenvalue weighted by Crippen LogP contribution is -2.57. The van der Waals surface area contributed by atoms with Gasteiger partial charge in [0.2, 0.25) is 5.91 Å². The predicted octanol–water partition coefficient (Wildman–Crippen LogP) is 1.71. The minimum absolute atomic E-state index is 0.0546. The van der Waals surface area contributed by atoms with Crippen LogP contribution in [0.4, 0.5) is 5.69 Å². The third-order valence-corrected chi connectivity index (χ3v) is 4.04. The maximum absolute atomic E-state index is 12.5. The van der Waals surface area contributed by atoms with Gasteiger partial charge in [-0.1, -0.05) is 22.0 Å². The highest BCUT2D eigenvalue weighted by molar-refractivity contribution is 9.10. The van der Waals surface area contributed by atoms with Crippen LogP contribution in [0, 0.1) is 0 Å². The SMILES string of the molecule is CNCCN1CCN(c2cccc(Br)c2)C(=O)C1C. The molecule has 4 nitrogen and oxygen atoms in total. The Morgan fingerprint density at radius 3 is 2.89 bits per heavy atom. The summed E-state index contributed by atoms with van der Waals surface area (Å²) in [4.78, 5) is 16.6. The molecule has 1 unspecified atom stereocenters. The Labute approximate surface area is 122 Å². The summed E-state index contributed by atoms with van der Waals surface area (Å²) in [6.45, 7) is 5.48. The molecule has 1 amide bonds. The number of hydrogen-bond donors (Lipinski definition) is 1. The van der Waals surface area contributed by atoms with Gasteiger partial charge >= 0.3 is 0 Å². The second kappa shape index (κ2) is 6.50. The highest BCUT2D eigenvalue weighted by Crippen LogP contribution is 2.23. The number of benzene rings is 1. The first-order chi connectivity index (χ1) is 9.13. The zero-order valence-electron chi connectivity index (χ0n) is 11.4. The molecule has 0 radical (unpaired) electrons. The van der Waals surface area contributed by atoms with Crippen LogP contribution in [-0.2, 0) is 4.79 Å². The zero-order valence-corrected chi connectivity index (χ0v) is 13.0. The van der Waals surface area contributed by atoms with Gasteiger partial charge in [0, 0.05) is 36.3 Å². The number of piperazine rings is 1. The summed E-state index contributed by atoms with van der Waals surface area (Å²) >= 11 is 3.45. The molecule has 0 aliphatic carbocycles. The lowest BCUT2D eigenvalue weighted by Gasteiger charge is -2.39. The van der Waals surface area contributed by atoms with Crippen LogP contribution in [0.5, 0.6) is 0 Å². The summed E-state index contributed by atoms with van der Waals surface area (Å²) < 4.78 is 1.00. The van der Waals surface area contributed by atoms with E-state index in [1.807, 2.05) is 43.1 Å². The van der Waals surface area contributed by atoms with Gasteiger partial charge in [-0.15, -0.1) is 0 Å². The van der Waals surface area contributed by atoms with Crippen LogP contribution in [0.15, 0.2) is 28.7 Å². The molecule has 1 saturated heterocycles. The van der Waals surface area contributed by atoms with Crippen molar-refractivity contribution < 1.29 is 4.79 Å². The molecule has 1 N–H and O–H groups in total. The second-order valence-electron chi connectivity index (χ2n) is 4.79. The molecule has 2 rings (SSSR count). The molecule has 1 fully saturated rings. The van der Waals surface area contributed by atoms with E-state index in [-0.39, 0.29) is 11.9 Å². The second-order valence-corrected chi connectivity index (χ2v) is 5.70. The first kappa shape index (κ1) is 14.5. The number of carbonyl (C=O) groups is 1. The molecule has 0 aromatic heterocycles. The Morgan fingerprint density at radius 1 is 1.42 bits per heavy atom. The lowest BCUT2D eigenvalue weighted by molar-refractivity contribution is -0.125. The highest BCUT2D eigenvalue weighted by Gasteiger charge is 2.31. The number of halogens is 1. The van der Waals surface area contributed by atoms with Crippen molar-refractivity contribution >= 4 is 27.5 Å². The van der Waals surface area contributed by atoms with Crippen molar-refractivity contribution in [1.29, 1.82) is 0 Å². The zero-order chi connectivity index (χ0) is 13.8. The minimum atomic E-state index is -0.0546. The Bertz CT molecular complexity index is 452. The number of amides is 1.